The number of alkyl halides is 3. The Morgan fingerprint density at radius 3 is 2.59 bits per heavy atom. The van der Waals surface area contributed by atoms with Gasteiger partial charge in [0.05, 0.1) is 14.2 Å². The van der Waals surface area contributed by atoms with Gasteiger partial charge in [0, 0.05) is 6.54 Å². The molecule has 0 aliphatic rings. The fraction of sp³-hybridized carbons (Fsp3) is 0.286. The van der Waals surface area contributed by atoms with Gasteiger partial charge in [-0.1, -0.05) is 0 Å². The first-order valence-electron chi connectivity index (χ1n) is 4.04. The van der Waals surface area contributed by atoms with E-state index in [9.17, 15) is 23.3 Å². The average Bonchev–Trinajstić information content (AvgIpc) is 2.18. The van der Waals surface area contributed by atoms with Crippen LogP contribution in [0, 0.1) is 13.7 Å². The smallest absolute Gasteiger partial charge is 0.397 e. The first-order chi connectivity index (χ1) is 7.76. The van der Waals surface area contributed by atoms with Gasteiger partial charge in [0.2, 0.25) is 5.75 Å². The predicted molar refractivity (Wildman–Crippen MR) is 58.2 cm³/mol. The van der Waals surface area contributed by atoms with E-state index in [1.54, 1.807) is 0 Å². The average molecular weight is 363 g/mol. The fourth-order valence-electron chi connectivity index (χ4n) is 0.983. The van der Waals surface area contributed by atoms with E-state index in [0.29, 0.717) is 6.20 Å². The van der Waals surface area contributed by atoms with Crippen molar-refractivity contribution in [2.45, 2.75) is 12.9 Å². The molecule has 0 atom stereocenters. The Labute approximate surface area is 106 Å². The topological polar surface area (TPSA) is 91.3 Å². The Morgan fingerprint density at radius 2 is 2.18 bits per heavy atom. The van der Waals surface area contributed by atoms with Crippen molar-refractivity contribution >= 4 is 28.3 Å². The molecule has 0 saturated heterocycles. The SMILES string of the molecule is NCc1ncc([N+](=O)[O-])c(OC(F)(F)F)c1I. The highest BCUT2D eigenvalue weighted by Crippen LogP contribution is 2.36. The number of halogens is 4. The van der Waals surface area contributed by atoms with Gasteiger partial charge in [-0.2, -0.15) is 0 Å². The highest BCUT2D eigenvalue weighted by atomic mass is 127. The third kappa shape index (κ3) is 3.39. The monoisotopic (exact) mass is 363 g/mol. The van der Waals surface area contributed by atoms with Crippen molar-refractivity contribution in [1.29, 1.82) is 0 Å². The number of aromatic nitrogens is 1. The van der Waals surface area contributed by atoms with Crippen LogP contribution in [0.2, 0.25) is 0 Å². The number of nitro groups is 1. The van der Waals surface area contributed by atoms with Crippen molar-refractivity contribution in [3.8, 4) is 5.75 Å². The maximum Gasteiger partial charge on any atom is 0.573 e. The predicted octanol–water partition coefficient (Wildman–Crippen LogP) is 1.95. The Kier molecular flexibility index (Phi) is 4.08. The molecule has 0 unspecified atom stereocenters. The van der Waals surface area contributed by atoms with E-state index in [2.05, 4.69) is 9.72 Å². The van der Waals surface area contributed by atoms with Crippen molar-refractivity contribution < 1.29 is 22.8 Å². The van der Waals surface area contributed by atoms with Gasteiger partial charge in [0.15, 0.2) is 0 Å². The summed E-state index contributed by atoms with van der Waals surface area (Å²) in [5, 5.41) is 10.5. The summed E-state index contributed by atoms with van der Waals surface area (Å²) in [7, 11) is 0. The normalized spacial score (nSPS) is 11.4. The highest BCUT2D eigenvalue weighted by molar-refractivity contribution is 14.1. The number of pyridine rings is 1. The molecule has 0 saturated carbocycles. The summed E-state index contributed by atoms with van der Waals surface area (Å²) in [5.41, 5.74) is 4.47. The van der Waals surface area contributed by atoms with Crippen molar-refractivity contribution in [3.05, 3.63) is 25.6 Å². The first kappa shape index (κ1) is 13.9. The maximum atomic E-state index is 12.1. The van der Waals surface area contributed by atoms with E-state index in [0.717, 1.165) is 0 Å². The van der Waals surface area contributed by atoms with Crippen LogP contribution in [-0.2, 0) is 6.54 Å². The van der Waals surface area contributed by atoms with Gasteiger partial charge in [-0.25, -0.2) is 0 Å². The van der Waals surface area contributed by atoms with Crippen LogP contribution in [0.4, 0.5) is 18.9 Å². The molecule has 0 fully saturated rings. The molecule has 0 aliphatic carbocycles. The molecule has 1 heterocycles. The highest BCUT2D eigenvalue weighted by Gasteiger charge is 2.36. The molecule has 1 rings (SSSR count). The Balaban J connectivity index is 3.35. The van der Waals surface area contributed by atoms with E-state index >= 15 is 0 Å². The van der Waals surface area contributed by atoms with Crippen LogP contribution >= 0.6 is 22.6 Å². The van der Waals surface area contributed by atoms with Gasteiger partial charge in [0.1, 0.15) is 6.20 Å². The molecular weight excluding hydrogens is 358 g/mol. The fourth-order valence-corrected chi connectivity index (χ4v) is 1.73. The summed E-state index contributed by atoms with van der Waals surface area (Å²) in [6.45, 7) is -0.148. The molecule has 0 amide bonds. The molecule has 0 bridgehead atoms. The molecule has 17 heavy (non-hydrogen) atoms. The first-order valence-corrected chi connectivity index (χ1v) is 5.11. The van der Waals surface area contributed by atoms with Gasteiger partial charge in [-0.15, -0.1) is 13.2 Å². The lowest BCUT2D eigenvalue weighted by molar-refractivity contribution is -0.389. The van der Waals surface area contributed by atoms with E-state index in [-0.39, 0.29) is 15.8 Å². The summed E-state index contributed by atoms with van der Waals surface area (Å²) in [6.07, 6.45) is -4.33. The minimum atomic E-state index is -5.02. The quantitative estimate of drug-likeness (QED) is 0.504. The number of hydrogen-bond acceptors (Lipinski definition) is 5. The number of ether oxygens (including phenoxy) is 1. The van der Waals surface area contributed by atoms with Crippen LogP contribution in [0.15, 0.2) is 6.20 Å². The molecule has 94 valence electrons. The molecule has 0 aromatic carbocycles. The Morgan fingerprint density at radius 1 is 1.59 bits per heavy atom. The van der Waals surface area contributed by atoms with E-state index in [4.69, 9.17) is 5.73 Å². The van der Waals surface area contributed by atoms with Crippen molar-refractivity contribution in [2.24, 2.45) is 5.73 Å². The molecule has 1 aromatic rings. The van der Waals surface area contributed by atoms with Crippen molar-refractivity contribution in [1.82, 2.24) is 4.98 Å². The van der Waals surface area contributed by atoms with Gasteiger partial charge < -0.3 is 10.5 Å². The van der Waals surface area contributed by atoms with Crippen molar-refractivity contribution in [3.63, 3.8) is 0 Å². The summed E-state index contributed by atoms with van der Waals surface area (Å²) in [5.74, 6) is -0.890. The minimum Gasteiger partial charge on any atom is -0.397 e. The molecule has 0 aliphatic heterocycles. The third-order valence-electron chi connectivity index (χ3n) is 1.64. The minimum absolute atomic E-state index is 0.0930. The molecule has 0 radical (unpaired) electrons. The molecule has 0 spiro atoms. The van der Waals surface area contributed by atoms with Crippen LogP contribution in [0.3, 0.4) is 0 Å². The molecule has 2 N–H and O–H groups in total. The second-order valence-corrected chi connectivity index (χ2v) is 3.82. The van der Waals surface area contributed by atoms with Crippen LogP contribution in [0.5, 0.6) is 5.75 Å². The molecule has 6 nitrogen and oxygen atoms in total. The largest absolute Gasteiger partial charge is 0.573 e. The van der Waals surface area contributed by atoms with Gasteiger partial charge in [-0.3, -0.25) is 15.1 Å². The van der Waals surface area contributed by atoms with Crippen molar-refractivity contribution in [2.75, 3.05) is 0 Å². The number of nitrogens with zero attached hydrogens (tertiary/aromatic N) is 2. The van der Waals surface area contributed by atoms with Gasteiger partial charge >= 0.3 is 12.0 Å². The van der Waals surface area contributed by atoms with Crippen LogP contribution in [0.1, 0.15) is 5.69 Å². The zero-order valence-corrected chi connectivity index (χ0v) is 10.2. The van der Waals surface area contributed by atoms with Crippen LogP contribution in [0.25, 0.3) is 0 Å². The van der Waals surface area contributed by atoms with Gasteiger partial charge in [-0.05, 0) is 22.6 Å². The summed E-state index contributed by atoms with van der Waals surface area (Å²) in [6, 6.07) is 0. The third-order valence-corrected chi connectivity index (χ3v) is 2.75. The molecule has 10 heteroatoms. The summed E-state index contributed by atoms with van der Waals surface area (Å²) in [4.78, 5) is 13.1. The second-order valence-electron chi connectivity index (χ2n) is 2.74. The van der Waals surface area contributed by atoms with E-state index < -0.39 is 22.7 Å². The standard InChI is InChI=1S/C7H5F3IN3O3/c8-7(9,10)17-6-4(14(15)16)2-13-3(1-12)5(6)11/h2H,1,12H2. The van der Waals surface area contributed by atoms with Crippen LogP contribution in [-0.4, -0.2) is 16.3 Å². The Bertz CT molecular complexity index is 452. The lowest BCUT2D eigenvalue weighted by Crippen LogP contribution is -2.19. The zero-order valence-electron chi connectivity index (χ0n) is 7.99. The van der Waals surface area contributed by atoms with Crippen LogP contribution < -0.4 is 10.5 Å². The maximum absolute atomic E-state index is 12.1. The number of nitrogens with two attached hydrogens (primary N) is 1. The second kappa shape index (κ2) is 5.00. The molecule has 1 aromatic heterocycles. The lowest BCUT2D eigenvalue weighted by Gasteiger charge is -2.12. The number of rotatable bonds is 3. The summed E-state index contributed by atoms with van der Waals surface area (Å²) >= 11 is 1.47. The Hall–Kier alpha value is -1.17. The lowest BCUT2D eigenvalue weighted by atomic mass is 10.3. The zero-order chi connectivity index (χ0) is 13.2. The van der Waals surface area contributed by atoms with Gasteiger partial charge in [0.25, 0.3) is 0 Å². The van der Waals surface area contributed by atoms with E-state index in [1.165, 1.54) is 22.6 Å². The molecular formula is C7H5F3IN3O3. The van der Waals surface area contributed by atoms with E-state index in [1.807, 2.05) is 0 Å². The number of hydrogen-bond donors (Lipinski definition) is 1. The summed E-state index contributed by atoms with van der Waals surface area (Å²) < 4.78 is 39.8.